The minimum absolute atomic E-state index is 0.0296. The van der Waals surface area contributed by atoms with Crippen molar-refractivity contribution in [1.29, 1.82) is 0 Å². The largest absolute Gasteiger partial charge is 0.456 e. The highest BCUT2D eigenvalue weighted by Gasteiger charge is 2.24. The number of thiophene rings is 1. The number of hydrogen-bond donors (Lipinski definition) is 0. The standard InChI is InChI=1S/C70H42N2O3S/c1-3-15-46(16-4-1)71(48-32-28-43(29-33-48)45-31-37-62-58(40-45)52-20-9-10-26-61(52)73-62)50-34-36-53-54-21-11-22-55(69(54)75-65(53)42-50)56-23-12-24-57-68-60(25-13-27-66(68)76-70(56)57)72(47-17-5-2-6-18-47)49-35-39-63-59(41-49)67-51-19-8-7-14-44(51)30-38-64(67)74-63/h1-42H/i1D,3D,4D,15D,16D. The number of hydrogen-bond acceptors (Lipinski definition) is 6. The van der Waals surface area contributed by atoms with Gasteiger partial charge < -0.3 is 23.1 Å². The van der Waals surface area contributed by atoms with Crippen LogP contribution in [-0.2, 0) is 0 Å². The van der Waals surface area contributed by atoms with Crippen molar-refractivity contribution in [2.75, 3.05) is 9.80 Å². The first-order valence-corrected chi connectivity index (χ1v) is 26.0. The summed E-state index contributed by atoms with van der Waals surface area (Å²) in [5, 5.41) is 10.6. The molecule has 0 unspecified atom stereocenters. The Bertz CT molecular complexity index is 5250. The first-order chi connectivity index (χ1) is 39.7. The smallest absolute Gasteiger partial charge is 0.143 e. The van der Waals surface area contributed by atoms with Gasteiger partial charge in [-0.2, -0.15) is 0 Å². The Morgan fingerprint density at radius 2 is 0.987 bits per heavy atom. The van der Waals surface area contributed by atoms with Gasteiger partial charge in [0, 0.05) is 98.1 Å². The van der Waals surface area contributed by atoms with Crippen LogP contribution < -0.4 is 9.80 Å². The summed E-state index contributed by atoms with van der Waals surface area (Å²) in [6.07, 6.45) is 0. The number of fused-ring (bicyclic) bond motifs is 14. The summed E-state index contributed by atoms with van der Waals surface area (Å²) in [4.78, 5) is 4.09. The fraction of sp³-hybridized carbons (Fsp3) is 0. The Morgan fingerprint density at radius 3 is 1.88 bits per heavy atom. The zero-order valence-electron chi connectivity index (χ0n) is 45.4. The van der Waals surface area contributed by atoms with Gasteiger partial charge >= 0.3 is 0 Å². The van der Waals surface area contributed by atoms with Gasteiger partial charge in [0.2, 0.25) is 0 Å². The number of benzene rings is 12. The zero-order valence-corrected chi connectivity index (χ0v) is 41.2. The van der Waals surface area contributed by atoms with E-state index in [1.165, 1.54) is 0 Å². The van der Waals surface area contributed by atoms with E-state index in [0.717, 1.165) is 130 Å². The van der Waals surface area contributed by atoms with E-state index in [0.29, 0.717) is 17.0 Å². The van der Waals surface area contributed by atoms with Gasteiger partial charge in [0.25, 0.3) is 0 Å². The second-order valence-electron chi connectivity index (χ2n) is 19.2. The van der Waals surface area contributed by atoms with E-state index in [4.69, 9.17) is 17.4 Å². The molecule has 0 radical (unpaired) electrons. The van der Waals surface area contributed by atoms with Crippen molar-refractivity contribution in [1.82, 2.24) is 0 Å². The fourth-order valence-corrected chi connectivity index (χ4v) is 12.8. The zero-order chi connectivity index (χ0) is 54.2. The van der Waals surface area contributed by atoms with Crippen LogP contribution in [-0.4, -0.2) is 0 Å². The van der Waals surface area contributed by atoms with Gasteiger partial charge in [-0.25, -0.2) is 0 Å². The topological polar surface area (TPSA) is 45.9 Å². The fourth-order valence-electron chi connectivity index (χ4n) is 11.5. The first kappa shape index (κ1) is 37.8. The second-order valence-corrected chi connectivity index (χ2v) is 20.2. The molecule has 5 nitrogen and oxygen atoms in total. The molecule has 0 bridgehead atoms. The van der Waals surface area contributed by atoms with Gasteiger partial charge in [0.15, 0.2) is 0 Å². The van der Waals surface area contributed by atoms with Crippen molar-refractivity contribution in [3.63, 3.8) is 0 Å². The number of nitrogens with zero attached hydrogens (tertiary/aromatic N) is 2. The summed E-state index contributed by atoms with van der Waals surface area (Å²) in [6.45, 7) is 0. The Kier molecular flexibility index (Phi) is 8.37. The molecule has 0 aliphatic rings. The molecule has 0 saturated heterocycles. The third kappa shape index (κ3) is 6.64. The summed E-state index contributed by atoms with van der Waals surface area (Å²) in [5.74, 6) is 0. The average Bonchev–Trinajstić information content (AvgIpc) is 4.37. The predicted molar refractivity (Wildman–Crippen MR) is 319 cm³/mol. The molecule has 0 N–H and O–H groups in total. The summed E-state index contributed by atoms with van der Waals surface area (Å²) in [7, 11) is 0. The van der Waals surface area contributed by atoms with E-state index in [9.17, 15) is 2.74 Å². The molecule has 0 aliphatic heterocycles. The molecular weight excluding hydrogens is 949 g/mol. The first-order valence-electron chi connectivity index (χ1n) is 27.7. The number of para-hydroxylation sites is 4. The van der Waals surface area contributed by atoms with Crippen molar-refractivity contribution in [3.05, 3.63) is 255 Å². The van der Waals surface area contributed by atoms with Crippen molar-refractivity contribution >= 4 is 142 Å². The van der Waals surface area contributed by atoms with Crippen LogP contribution in [0.5, 0.6) is 0 Å². The highest BCUT2D eigenvalue weighted by Crippen LogP contribution is 2.50. The van der Waals surface area contributed by atoms with Crippen molar-refractivity contribution in [3.8, 4) is 22.3 Å². The normalized spacial score (nSPS) is 12.9. The minimum Gasteiger partial charge on any atom is -0.456 e. The van der Waals surface area contributed by atoms with Crippen molar-refractivity contribution < 1.29 is 20.1 Å². The van der Waals surface area contributed by atoms with Crippen molar-refractivity contribution in [2.24, 2.45) is 0 Å². The van der Waals surface area contributed by atoms with Crippen LogP contribution in [0, 0.1) is 0 Å². The summed E-state index contributed by atoms with van der Waals surface area (Å²) < 4.78 is 66.2. The van der Waals surface area contributed by atoms with Gasteiger partial charge in [-0.1, -0.05) is 146 Å². The summed E-state index contributed by atoms with van der Waals surface area (Å²) in [5.41, 5.74) is 12.8. The Balaban J connectivity index is 0.827. The van der Waals surface area contributed by atoms with Gasteiger partial charge in [0.05, 0.1) is 12.5 Å². The second kappa shape index (κ2) is 16.8. The molecule has 0 amide bonds. The maximum absolute atomic E-state index is 9.20. The highest BCUT2D eigenvalue weighted by atomic mass is 32.1. The van der Waals surface area contributed by atoms with E-state index in [1.807, 2.05) is 78.9 Å². The Morgan fingerprint density at radius 1 is 0.342 bits per heavy atom. The number of anilines is 6. The van der Waals surface area contributed by atoms with Gasteiger partial charge in [0.1, 0.15) is 33.5 Å². The van der Waals surface area contributed by atoms with Crippen LogP contribution in [0.1, 0.15) is 6.85 Å². The predicted octanol–water partition coefficient (Wildman–Crippen LogP) is 21.2. The Labute approximate surface area is 446 Å². The number of rotatable bonds is 8. The highest BCUT2D eigenvalue weighted by molar-refractivity contribution is 7.26. The summed E-state index contributed by atoms with van der Waals surface area (Å²) >= 11 is 1.76. The number of furan rings is 3. The van der Waals surface area contributed by atoms with E-state index >= 15 is 0 Å². The van der Waals surface area contributed by atoms with E-state index in [-0.39, 0.29) is 17.8 Å². The molecule has 0 atom stereocenters. The minimum atomic E-state index is -0.458. The summed E-state index contributed by atoms with van der Waals surface area (Å²) in [6, 6.07) is 74.9. The maximum atomic E-state index is 9.20. The molecule has 356 valence electrons. The molecule has 0 saturated carbocycles. The third-order valence-electron chi connectivity index (χ3n) is 14.9. The Hall–Kier alpha value is -9.88. The van der Waals surface area contributed by atoms with Gasteiger partial charge in [-0.3, -0.25) is 0 Å². The van der Waals surface area contributed by atoms with Crippen LogP contribution in [0.15, 0.2) is 268 Å². The molecule has 0 fully saturated rings. The molecule has 4 heterocycles. The van der Waals surface area contributed by atoms with Crippen LogP contribution in [0.4, 0.5) is 34.1 Å². The monoisotopic (exact) mass is 995 g/mol. The van der Waals surface area contributed by atoms with Crippen LogP contribution in [0.2, 0.25) is 0 Å². The SMILES string of the molecule is [2H]c1c([2H])c([2H])c(N(c2ccc(-c3ccc4oc5ccccc5c4c3)cc2)c2ccc3c(c2)oc2c(-c4cccc5c4sc4cccc(N(c6ccccc6)c6ccc7oc8ccc9ccccc9c8c7c6)c45)cccc23)c([2H])c1[2H]. The third-order valence-corrected chi connectivity index (χ3v) is 16.1. The lowest BCUT2D eigenvalue weighted by Crippen LogP contribution is -2.10. The van der Waals surface area contributed by atoms with E-state index < -0.39 is 18.1 Å². The van der Waals surface area contributed by atoms with Crippen molar-refractivity contribution in [2.45, 2.75) is 0 Å². The molecule has 12 aromatic carbocycles. The molecule has 4 aromatic heterocycles. The molecule has 76 heavy (non-hydrogen) atoms. The molecular formula is C70H42N2O3S. The lowest BCUT2D eigenvalue weighted by Gasteiger charge is -2.26. The van der Waals surface area contributed by atoms with Crippen LogP contribution in [0.3, 0.4) is 0 Å². The van der Waals surface area contributed by atoms with E-state index in [1.54, 1.807) is 16.2 Å². The molecule has 6 heteroatoms. The van der Waals surface area contributed by atoms with Gasteiger partial charge in [-0.15, -0.1) is 11.3 Å². The average molecular weight is 996 g/mol. The molecule has 0 aliphatic carbocycles. The molecule has 0 spiro atoms. The quantitative estimate of drug-likeness (QED) is 0.152. The van der Waals surface area contributed by atoms with Crippen LogP contribution >= 0.6 is 11.3 Å². The lowest BCUT2D eigenvalue weighted by molar-refractivity contribution is 0.668. The van der Waals surface area contributed by atoms with E-state index in [2.05, 4.69) is 150 Å². The van der Waals surface area contributed by atoms with Crippen LogP contribution in [0.25, 0.3) is 119 Å². The molecule has 16 aromatic rings. The lowest BCUT2D eigenvalue weighted by atomic mass is 9.99. The maximum Gasteiger partial charge on any atom is 0.143 e. The van der Waals surface area contributed by atoms with Gasteiger partial charge in [-0.05, 0) is 125 Å². The molecule has 16 rings (SSSR count).